The molecule has 186 valence electrons. The minimum atomic E-state index is -0.274. The molecule has 0 saturated carbocycles. The Balaban J connectivity index is 1.45. The van der Waals surface area contributed by atoms with Crippen LogP contribution in [0.5, 0.6) is 0 Å². The third-order valence-electron chi connectivity index (χ3n) is 6.86. The van der Waals surface area contributed by atoms with E-state index in [-0.39, 0.29) is 17.8 Å². The van der Waals surface area contributed by atoms with Gasteiger partial charge in [0.15, 0.2) is 0 Å². The average molecular weight is 516 g/mol. The molecule has 3 heterocycles. The highest BCUT2D eigenvalue weighted by atomic mass is 35.5. The number of benzene rings is 1. The van der Waals surface area contributed by atoms with Gasteiger partial charge in [-0.3, -0.25) is 9.59 Å². The molecule has 8 heteroatoms. The van der Waals surface area contributed by atoms with Crippen molar-refractivity contribution in [3.05, 3.63) is 63.4 Å². The first-order valence-corrected chi connectivity index (χ1v) is 12.9. The molecule has 1 fully saturated rings. The molecular formula is C27H31Cl2N3O3. The molecule has 0 unspecified atom stereocenters. The normalized spacial score (nSPS) is 15.7. The highest BCUT2D eigenvalue weighted by Crippen LogP contribution is 2.31. The minimum Gasteiger partial charge on any atom is -0.469 e. The van der Waals surface area contributed by atoms with Crippen LogP contribution in [0.25, 0.3) is 11.0 Å². The maximum atomic E-state index is 13.7. The van der Waals surface area contributed by atoms with Crippen LogP contribution in [-0.4, -0.2) is 46.5 Å². The van der Waals surface area contributed by atoms with Crippen LogP contribution in [0.4, 0.5) is 0 Å². The number of aryl methyl sites for hydroxylation is 2. The summed E-state index contributed by atoms with van der Waals surface area (Å²) in [6.07, 6.45) is 8.26. The van der Waals surface area contributed by atoms with Crippen LogP contribution in [0.15, 0.2) is 36.5 Å². The summed E-state index contributed by atoms with van der Waals surface area (Å²) in [5.74, 6) is -0.605. The van der Waals surface area contributed by atoms with E-state index in [2.05, 4.69) is 11.1 Å². The Morgan fingerprint density at radius 3 is 2.60 bits per heavy atom. The highest BCUT2D eigenvalue weighted by Gasteiger charge is 2.34. The number of rotatable bonds is 9. The third-order valence-corrected chi connectivity index (χ3v) is 7.30. The standard InChI is InChI=1S/C27H31Cl2N3O3/c1-31-23(11-6-4-3-5-8-18-9-7-10-20(28)14-18)24(22-15-21(29)16-30-25(22)31)26(33)32-13-12-19(17-32)27(34)35-2/h7,9-10,14-16,19H,3-6,8,11-13,17H2,1-2H3/t19-/m0/s1. The quantitative estimate of drug-likeness (QED) is 0.264. The molecule has 35 heavy (non-hydrogen) atoms. The number of amides is 1. The summed E-state index contributed by atoms with van der Waals surface area (Å²) in [5.41, 5.74) is 3.63. The van der Waals surface area contributed by atoms with Gasteiger partial charge < -0.3 is 14.2 Å². The second kappa shape index (κ2) is 11.4. The summed E-state index contributed by atoms with van der Waals surface area (Å²) >= 11 is 12.3. The Morgan fingerprint density at radius 1 is 1.09 bits per heavy atom. The first-order chi connectivity index (χ1) is 16.9. The molecule has 6 nitrogen and oxygen atoms in total. The van der Waals surface area contributed by atoms with Crippen molar-refractivity contribution >= 4 is 46.1 Å². The number of hydrogen-bond acceptors (Lipinski definition) is 4. The molecule has 3 aromatic rings. The summed E-state index contributed by atoms with van der Waals surface area (Å²) in [6.45, 7) is 0.907. The van der Waals surface area contributed by atoms with Crippen LogP contribution in [0.2, 0.25) is 10.0 Å². The summed E-state index contributed by atoms with van der Waals surface area (Å²) in [4.78, 5) is 31.9. The smallest absolute Gasteiger partial charge is 0.310 e. The predicted octanol–water partition coefficient (Wildman–Crippen LogP) is 5.86. The van der Waals surface area contributed by atoms with Crippen LogP contribution in [-0.2, 0) is 29.4 Å². The Morgan fingerprint density at radius 2 is 1.86 bits per heavy atom. The van der Waals surface area contributed by atoms with Crippen LogP contribution < -0.4 is 0 Å². The number of fused-ring (bicyclic) bond motifs is 1. The van der Waals surface area contributed by atoms with Crippen molar-refractivity contribution in [2.45, 2.75) is 44.9 Å². The minimum absolute atomic E-state index is 0.0676. The predicted molar refractivity (Wildman–Crippen MR) is 139 cm³/mol. The van der Waals surface area contributed by atoms with Crippen molar-refractivity contribution in [1.82, 2.24) is 14.5 Å². The number of methoxy groups -OCH3 is 1. The van der Waals surface area contributed by atoms with Crippen LogP contribution >= 0.6 is 23.2 Å². The molecule has 0 aliphatic carbocycles. The molecule has 1 amide bonds. The second-order valence-electron chi connectivity index (χ2n) is 9.21. The summed E-state index contributed by atoms with van der Waals surface area (Å²) in [6, 6.07) is 9.84. The monoisotopic (exact) mass is 515 g/mol. The Hall–Kier alpha value is -2.57. The lowest BCUT2D eigenvalue weighted by molar-refractivity contribution is -0.144. The van der Waals surface area contributed by atoms with Crippen molar-refractivity contribution in [3.8, 4) is 0 Å². The molecule has 0 spiro atoms. The lowest BCUT2D eigenvalue weighted by Gasteiger charge is -2.17. The number of likely N-dealkylation sites (tertiary alicyclic amines) is 1. The zero-order valence-electron chi connectivity index (χ0n) is 20.2. The van der Waals surface area contributed by atoms with Gasteiger partial charge in [0.2, 0.25) is 0 Å². The van der Waals surface area contributed by atoms with E-state index >= 15 is 0 Å². The molecular weight excluding hydrogens is 485 g/mol. The fourth-order valence-corrected chi connectivity index (χ4v) is 5.37. The molecule has 1 aromatic carbocycles. The van der Waals surface area contributed by atoms with Crippen LogP contribution in [0.1, 0.15) is 53.7 Å². The molecule has 1 aliphatic rings. The number of hydrogen-bond donors (Lipinski definition) is 0. The number of unbranched alkanes of at least 4 members (excludes halogenated alkanes) is 3. The van der Waals surface area contributed by atoms with Crippen molar-refractivity contribution in [1.29, 1.82) is 0 Å². The number of pyridine rings is 1. The molecule has 4 rings (SSSR count). The Kier molecular flexibility index (Phi) is 8.34. The fraction of sp³-hybridized carbons (Fsp3) is 0.444. The number of aromatic nitrogens is 2. The molecule has 1 aliphatic heterocycles. The molecule has 0 bridgehead atoms. The molecule has 1 saturated heterocycles. The topological polar surface area (TPSA) is 64.4 Å². The zero-order valence-corrected chi connectivity index (χ0v) is 21.7. The fourth-order valence-electron chi connectivity index (χ4n) is 5.00. The highest BCUT2D eigenvalue weighted by molar-refractivity contribution is 6.31. The van der Waals surface area contributed by atoms with Crippen molar-refractivity contribution < 1.29 is 14.3 Å². The van der Waals surface area contributed by atoms with Gasteiger partial charge in [-0.05, 0) is 55.9 Å². The lowest BCUT2D eigenvalue weighted by atomic mass is 10.0. The first-order valence-electron chi connectivity index (χ1n) is 12.1. The van der Waals surface area contributed by atoms with E-state index < -0.39 is 0 Å². The van der Waals surface area contributed by atoms with Crippen LogP contribution in [0, 0.1) is 5.92 Å². The Labute approximate surface area is 216 Å². The van der Waals surface area contributed by atoms with Crippen molar-refractivity contribution in [2.24, 2.45) is 13.0 Å². The largest absolute Gasteiger partial charge is 0.469 e. The number of nitrogens with zero attached hydrogens (tertiary/aromatic N) is 3. The average Bonchev–Trinajstić information content (AvgIpc) is 3.44. The van der Waals surface area contributed by atoms with E-state index in [9.17, 15) is 9.59 Å². The number of ether oxygens (including phenoxy) is 1. The van der Waals surface area contributed by atoms with Gasteiger partial charge in [-0.2, -0.15) is 0 Å². The summed E-state index contributed by atoms with van der Waals surface area (Å²) < 4.78 is 6.90. The van der Waals surface area contributed by atoms with Gasteiger partial charge >= 0.3 is 5.97 Å². The van der Waals surface area contributed by atoms with E-state index in [1.54, 1.807) is 11.1 Å². The van der Waals surface area contributed by atoms with E-state index in [0.29, 0.717) is 30.1 Å². The van der Waals surface area contributed by atoms with Crippen molar-refractivity contribution in [2.75, 3.05) is 20.2 Å². The van der Waals surface area contributed by atoms with Gasteiger partial charge in [-0.15, -0.1) is 0 Å². The summed E-state index contributed by atoms with van der Waals surface area (Å²) in [7, 11) is 3.34. The van der Waals surface area contributed by atoms with Gasteiger partial charge in [-0.25, -0.2) is 4.98 Å². The van der Waals surface area contributed by atoms with Crippen LogP contribution in [0.3, 0.4) is 0 Å². The van der Waals surface area contributed by atoms with Gasteiger partial charge in [0.1, 0.15) is 5.65 Å². The van der Waals surface area contributed by atoms with Gasteiger partial charge in [0.25, 0.3) is 5.91 Å². The third kappa shape index (κ3) is 5.81. The lowest BCUT2D eigenvalue weighted by Crippen LogP contribution is -2.31. The Bertz CT molecular complexity index is 1220. The number of halogens is 2. The number of carbonyl (C=O) groups is 2. The molecule has 1 atom stereocenters. The second-order valence-corrected chi connectivity index (χ2v) is 10.1. The van der Waals surface area contributed by atoms with Gasteiger partial charge in [0.05, 0.1) is 23.6 Å². The van der Waals surface area contributed by atoms with Gasteiger partial charge in [0, 0.05) is 42.4 Å². The molecule has 0 N–H and O–H groups in total. The summed E-state index contributed by atoms with van der Waals surface area (Å²) in [5, 5.41) is 2.04. The number of esters is 1. The van der Waals surface area contributed by atoms with E-state index in [1.165, 1.54) is 12.7 Å². The van der Waals surface area contributed by atoms with E-state index in [4.69, 9.17) is 27.9 Å². The maximum Gasteiger partial charge on any atom is 0.310 e. The van der Waals surface area contributed by atoms with Crippen molar-refractivity contribution in [3.63, 3.8) is 0 Å². The zero-order chi connectivity index (χ0) is 24.9. The SMILES string of the molecule is COC(=O)[C@H]1CCN(C(=O)c2c(CCCCCCc3cccc(Cl)c3)n(C)c3ncc(Cl)cc23)C1. The number of carbonyl (C=O) groups excluding carboxylic acids is 2. The first kappa shape index (κ1) is 25.5. The maximum absolute atomic E-state index is 13.7. The van der Waals surface area contributed by atoms with E-state index in [1.807, 2.05) is 35.9 Å². The van der Waals surface area contributed by atoms with Gasteiger partial charge in [-0.1, -0.05) is 48.2 Å². The van der Waals surface area contributed by atoms with E-state index in [0.717, 1.165) is 60.3 Å². The molecule has 2 aromatic heterocycles. The molecule has 0 radical (unpaired) electrons.